The summed E-state index contributed by atoms with van der Waals surface area (Å²) in [6.45, 7) is 6.12. The zero-order valence-electron chi connectivity index (χ0n) is 17.9. The van der Waals surface area contributed by atoms with E-state index in [0.717, 1.165) is 18.7 Å². The van der Waals surface area contributed by atoms with Gasteiger partial charge in [-0.3, -0.25) is 4.98 Å². The summed E-state index contributed by atoms with van der Waals surface area (Å²) in [6, 6.07) is 14.7. The van der Waals surface area contributed by atoms with Crippen LogP contribution in [0.5, 0.6) is 0 Å². The van der Waals surface area contributed by atoms with E-state index >= 15 is 0 Å². The number of sulfonamides is 1. The van der Waals surface area contributed by atoms with Gasteiger partial charge < -0.3 is 9.42 Å². The van der Waals surface area contributed by atoms with E-state index in [1.807, 2.05) is 50.2 Å². The van der Waals surface area contributed by atoms with Gasteiger partial charge in [0.05, 0.1) is 5.75 Å². The Balaban J connectivity index is 1.77. The molecule has 1 atom stereocenters. The summed E-state index contributed by atoms with van der Waals surface area (Å²) >= 11 is 0. The first kappa shape index (κ1) is 23.1. The van der Waals surface area contributed by atoms with E-state index in [9.17, 15) is 8.42 Å². The summed E-state index contributed by atoms with van der Waals surface area (Å²) in [4.78, 5) is 10.7. The van der Waals surface area contributed by atoms with Crippen molar-refractivity contribution in [2.75, 3.05) is 25.4 Å². The lowest BCUT2D eigenvalue weighted by Crippen LogP contribution is -2.36. The average Bonchev–Trinajstić information content (AvgIpc) is 3.29. The summed E-state index contributed by atoms with van der Waals surface area (Å²) < 4.78 is 33.8. The fourth-order valence-electron chi connectivity index (χ4n) is 3.23. The molecule has 0 fully saturated rings. The molecule has 0 radical (unpaired) electrons. The van der Waals surface area contributed by atoms with Crippen molar-refractivity contribution in [1.29, 1.82) is 0 Å². The predicted octanol–water partition coefficient (Wildman–Crippen LogP) is 3.07. The molecule has 8 nitrogen and oxygen atoms in total. The second-order valence-electron chi connectivity index (χ2n) is 7.21. The number of aromatic nitrogens is 3. The van der Waals surface area contributed by atoms with Gasteiger partial charge in [-0.2, -0.15) is 4.98 Å². The highest BCUT2D eigenvalue weighted by atomic mass is 32.2. The van der Waals surface area contributed by atoms with Gasteiger partial charge in [0, 0.05) is 12.7 Å². The molecule has 0 bridgehead atoms. The van der Waals surface area contributed by atoms with Crippen LogP contribution in [0.25, 0.3) is 11.5 Å². The molecule has 0 aliphatic carbocycles. The predicted molar refractivity (Wildman–Crippen MR) is 120 cm³/mol. The van der Waals surface area contributed by atoms with Crippen LogP contribution in [0, 0.1) is 0 Å². The molecule has 3 aromatic rings. The number of aryl methyl sites for hydroxylation is 1. The molecule has 166 valence electrons. The molecule has 0 amide bonds. The summed E-state index contributed by atoms with van der Waals surface area (Å²) in [7, 11) is -3.54. The maximum absolute atomic E-state index is 12.8. The van der Waals surface area contributed by atoms with Crippen LogP contribution in [0.2, 0.25) is 0 Å². The van der Waals surface area contributed by atoms with Gasteiger partial charge in [0.1, 0.15) is 11.7 Å². The standard InChI is InChI=1S/C22H29N5O3S/c1-3-27(4-2)16-17-31(28,29)26-20(14-13-18-10-6-5-7-11-18)22-24-21(25-30-22)19-12-8-9-15-23-19/h5-12,15,20,26H,3-4,13-14,16-17H2,1-2H3/t20-/m1/s1. The van der Waals surface area contributed by atoms with Crippen LogP contribution in [0.15, 0.2) is 59.3 Å². The van der Waals surface area contributed by atoms with Gasteiger partial charge in [-0.15, -0.1) is 0 Å². The van der Waals surface area contributed by atoms with Crippen LogP contribution in [-0.4, -0.2) is 53.8 Å². The summed E-state index contributed by atoms with van der Waals surface area (Å²) in [5.41, 5.74) is 1.68. The van der Waals surface area contributed by atoms with Crippen molar-refractivity contribution in [2.24, 2.45) is 0 Å². The Bertz CT molecular complexity index is 1020. The lowest BCUT2D eigenvalue weighted by molar-refractivity contribution is 0.319. The Labute approximate surface area is 183 Å². The first-order chi connectivity index (χ1) is 15.0. The number of nitrogens with one attached hydrogen (secondary N) is 1. The van der Waals surface area contributed by atoms with E-state index in [1.54, 1.807) is 18.3 Å². The number of rotatable bonds is 12. The fourth-order valence-corrected chi connectivity index (χ4v) is 4.50. The molecule has 0 aliphatic heterocycles. The van der Waals surface area contributed by atoms with E-state index in [-0.39, 0.29) is 11.6 Å². The zero-order chi connectivity index (χ0) is 22.1. The third-order valence-electron chi connectivity index (χ3n) is 5.09. The Hall–Kier alpha value is -2.62. The molecule has 0 saturated heterocycles. The minimum Gasteiger partial charge on any atom is -0.337 e. The molecule has 0 spiro atoms. The number of pyridine rings is 1. The Morgan fingerprint density at radius 3 is 2.48 bits per heavy atom. The number of hydrogen-bond donors (Lipinski definition) is 1. The van der Waals surface area contributed by atoms with Crippen LogP contribution in [0.4, 0.5) is 0 Å². The first-order valence-electron chi connectivity index (χ1n) is 10.5. The lowest BCUT2D eigenvalue weighted by atomic mass is 10.1. The zero-order valence-corrected chi connectivity index (χ0v) is 18.8. The van der Waals surface area contributed by atoms with E-state index in [1.165, 1.54) is 0 Å². The van der Waals surface area contributed by atoms with Crippen LogP contribution in [0.1, 0.15) is 37.8 Å². The first-order valence-corrected chi connectivity index (χ1v) is 12.2. The van der Waals surface area contributed by atoms with Crippen LogP contribution >= 0.6 is 0 Å². The molecule has 31 heavy (non-hydrogen) atoms. The Kier molecular flexibility index (Phi) is 8.27. The molecule has 3 rings (SSSR count). The van der Waals surface area contributed by atoms with Crippen molar-refractivity contribution in [1.82, 2.24) is 24.7 Å². The van der Waals surface area contributed by atoms with Gasteiger partial charge in [-0.1, -0.05) is 55.4 Å². The van der Waals surface area contributed by atoms with Gasteiger partial charge in [0.2, 0.25) is 21.7 Å². The molecule has 1 aromatic carbocycles. The molecule has 2 heterocycles. The van der Waals surface area contributed by atoms with Crippen molar-refractivity contribution >= 4 is 10.0 Å². The van der Waals surface area contributed by atoms with Crippen molar-refractivity contribution in [2.45, 2.75) is 32.7 Å². The van der Waals surface area contributed by atoms with Crippen molar-refractivity contribution in [3.63, 3.8) is 0 Å². The topological polar surface area (TPSA) is 101 Å². The van der Waals surface area contributed by atoms with Crippen molar-refractivity contribution in [3.8, 4) is 11.5 Å². The van der Waals surface area contributed by atoms with Gasteiger partial charge in [0.25, 0.3) is 0 Å². The molecule has 2 aromatic heterocycles. The quantitative estimate of drug-likeness (QED) is 0.459. The Morgan fingerprint density at radius 2 is 1.81 bits per heavy atom. The maximum atomic E-state index is 12.8. The van der Waals surface area contributed by atoms with E-state index in [0.29, 0.717) is 30.9 Å². The number of benzene rings is 1. The maximum Gasteiger partial charge on any atom is 0.245 e. The highest BCUT2D eigenvalue weighted by Gasteiger charge is 2.25. The van der Waals surface area contributed by atoms with Crippen molar-refractivity contribution < 1.29 is 12.9 Å². The SMILES string of the molecule is CCN(CC)CCS(=O)(=O)N[C@H](CCc1ccccc1)c1nc(-c2ccccn2)no1. The average molecular weight is 444 g/mol. The number of nitrogens with zero attached hydrogens (tertiary/aromatic N) is 4. The minimum atomic E-state index is -3.54. The van der Waals surface area contributed by atoms with E-state index in [2.05, 4.69) is 24.7 Å². The van der Waals surface area contributed by atoms with Crippen LogP contribution < -0.4 is 4.72 Å². The second kappa shape index (κ2) is 11.1. The highest BCUT2D eigenvalue weighted by molar-refractivity contribution is 7.89. The third kappa shape index (κ3) is 6.95. The van der Waals surface area contributed by atoms with E-state index in [4.69, 9.17) is 4.52 Å². The molecular weight excluding hydrogens is 414 g/mol. The van der Waals surface area contributed by atoms with Crippen molar-refractivity contribution in [3.05, 3.63) is 66.2 Å². The van der Waals surface area contributed by atoms with Gasteiger partial charge in [-0.05, 0) is 43.6 Å². The third-order valence-corrected chi connectivity index (χ3v) is 6.45. The van der Waals surface area contributed by atoms with Crippen LogP contribution in [0.3, 0.4) is 0 Å². The molecule has 0 saturated carbocycles. The smallest absolute Gasteiger partial charge is 0.245 e. The summed E-state index contributed by atoms with van der Waals surface area (Å²) in [5.74, 6) is 0.586. The number of hydrogen-bond acceptors (Lipinski definition) is 7. The van der Waals surface area contributed by atoms with Gasteiger partial charge in [0.15, 0.2) is 0 Å². The summed E-state index contributed by atoms with van der Waals surface area (Å²) in [5, 5.41) is 4.00. The Morgan fingerprint density at radius 1 is 1.06 bits per heavy atom. The second-order valence-corrected chi connectivity index (χ2v) is 9.09. The molecule has 9 heteroatoms. The van der Waals surface area contributed by atoms with Crippen LogP contribution in [-0.2, 0) is 16.4 Å². The fraction of sp³-hybridized carbons (Fsp3) is 0.409. The highest BCUT2D eigenvalue weighted by Crippen LogP contribution is 2.22. The van der Waals surface area contributed by atoms with E-state index < -0.39 is 16.1 Å². The normalized spacial score (nSPS) is 12.9. The minimum absolute atomic E-state index is 0.0117. The summed E-state index contributed by atoms with van der Waals surface area (Å²) in [6.07, 6.45) is 2.82. The molecule has 0 aliphatic rings. The molecule has 1 N–H and O–H groups in total. The van der Waals surface area contributed by atoms with Gasteiger partial charge in [-0.25, -0.2) is 13.1 Å². The largest absolute Gasteiger partial charge is 0.337 e. The van der Waals surface area contributed by atoms with Gasteiger partial charge >= 0.3 is 0 Å². The monoisotopic (exact) mass is 443 g/mol. The molecule has 0 unspecified atom stereocenters. The molecular formula is C22H29N5O3S. The lowest BCUT2D eigenvalue weighted by Gasteiger charge is -2.20.